The van der Waals surface area contributed by atoms with E-state index in [0.717, 1.165) is 25.1 Å². The molecular weight excluding hydrogens is 312 g/mol. The predicted octanol–water partition coefficient (Wildman–Crippen LogP) is 2.78. The molecule has 1 saturated heterocycles. The molecule has 0 aliphatic carbocycles. The maximum absolute atomic E-state index is 5.69. The van der Waals surface area contributed by atoms with Crippen LogP contribution in [-0.2, 0) is 13.5 Å². The number of nitrogens with one attached hydrogen (secondary N) is 1. The average Bonchev–Trinajstić information content (AvgIpc) is 3.27. The number of likely N-dealkylation sites (N-methyl/N-ethyl adjacent to an activating group) is 1. The van der Waals surface area contributed by atoms with Crippen LogP contribution in [0.4, 0.5) is 0 Å². The lowest BCUT2D eigenvalue weighted by Gasteiger charge is -2.24. The van der Waals surface area contributed by atoms with Crippen LogP contribution >= 0.6 is 0 Å². The van der Waals surface area contributed by atoms with E-state index in [1.165, 1.54) is 16.6 Å². The van der Waals surface area contributed by atoms with Gasteiger partial charge in [-0.2, -0.15) is 0 Å². The van der Waals surface area contributed by atoms with Crippen molar-refractivity contribution in [2.45, 2.75) is 31.3 Å². The van der Waals surface area contributed by atoms with Gasteiger partial charge in [0.1, 0.15) is 5.58 Å². The van der Waals surface area contributed by atoms with Crippen LogP contribution in [0.5, 0.6) is 0 Å². The lowest BCUT2D eigenvalue weighted by molar-refractivity contribution is 0.384. The van der Waals surface area contributed by atoms with Crippen molar-refractivity contribution < 1.29 is 4.42 Å². The Bertz CT molecular complexity index is 852. The minimum Gasteiger partial charge on any atom is -0.464 e. The Balaban J connectivity index is 1.48. The quantitative estimate of drug-likeness (QED) is 0.777. The molecule has 1 N–H and O–H groups in total. The number of aryl methyl sites for hydroxylation is 1. The molecule has 1 aliphatic heterocycles. The zero-order valence-electron chi connectivity index (χ0n) is 15.1. The van der Waals surface area contributed by atoms with Crippen LogP contribution < -0.4 is 5.32 Å². The molecule has 1 aliphatic rings. The molecule has 0 bridgehead atoms. The standard InChI is InChI=1S/C20H26N4O/c1-14(8-15-12-25-20-7-5-4-6-16(15)20)22-18-11-23(2)10-17(18)19-9-21-13-24(19)3/h4-7,9,12-14,17-18,22H,8,10-11H2,1-3H3/t14?,17-,18-/m1/s1. The molecule has 3 aromatic rings. The number of rotatable bonds is 5. The maximum atomic E-state index is 5.69. The molecule has 25 heavy (non-hydrogen) atoms. The third-order valence-corrected chi connectivity index (χ3v) is 5.32. The van der Waals surface area contributed by atoms with E-state index in [1.807, 2.05) is 30.9 Å². The minimum atomic E-state index is 0.383. The summed E-state index contributed by atoms with van der Waals surface area (Å²) >= 11 is 0. The van der Waals surface area contributed by atoms with Gasteiger partial charge in [0.25, 0.3) is 0 Å². The van der Waals surface area contributed by atoms with Crippen molar-refractivity contribution in [1.29, 1.82) is 0 Å². The first-order chi connectivity index (χ1) is 12.1. The number of hydrogen-bond donors (Lipinski definition) is 1. The van der Waals surface area contributed by atoms with Crippen LogP contribution in [0.1, 0.15) is 24.1 Å². The number of nitrogens with zero attached hydrogens (tertiary/aromatic N) is 3. The number of benzene rings is 1. The number of imidazole rings is 1. The van der Waals surface area contributed by atoms with Crippen LogP contribution in [0.2, 0.25) is 0 Å². The van der Waals surface area contributed by atoms with Gasteiger partial charge in [-0.3, -0.25) is 0 Å². The van der Waals surface area contributed by atoms with Gasteiger partial charge in [0.15, 0.2) is 0 Å². The molecule has 1 aromatic carbocycles. The van der Waals surface area contributed by atoms with Crippen molar-refractivity contribution in [3.63, 3.8) is 0 Å². The number of para-hydroxylation sites is 1. The molecule has 0 spiro atoms. The highest BCUT2D eigenvalue weighted by Crippen LogP contribution is 2.27. The monoisotopic (exact) mass is 338 g/mol. The number of aromatic nitrogens is 2. The topological polar surface area (TPSA) is 46.2 Å². The van der Waals surface area contributed by atoms with Gasteiger partial charge in [0, 0.05) is 55.4 Å². The lowest BCUT2D eigenvalue weighted by atomic mass is 9.98. The van der Waals surface area contributed by atoms with E-state index in [2.05, 4.69) is 52.9 Å². The van der Waals surface area contributed by atoms with E-state index in [4.69, 9.17) is 4.42 Å². The van der Waals surface area contributed by atoms with E-state index in [9.17, 15) is 0 Å². The van der Waals surface area contributed by atoms with E-state index < -0.39 is 0 Å². The fourth-order valence-electron chi connectivity index (χ4n) is 4.14. The summed E-state index contributed by atoms with van der Waals surface area (Å²) in [6.45, 7) is 4.39. The number of hydrogen-bond acceptors (Lipinski definition) is 4. The van der Waals surface area contributed by atoms with Crippen LogP contribution in [0.15, 0.2) is 47.5 Å². The maximum Gasteiger partial charge on any atom is 0.134 e. The van der Waals surface area contributed by atoms with Gasteiger partial charge < -0.3 is 19.2 Å². The fourth-order valence-corrected chi connectivity index (χ4v) is 4.14. The summed E-state index contributed by atoms with van der Waals surface area (Å²) in [5.41, 5.74) is 3.56. The number of likely N-dealkylation sites (tertiary alicyclic amines) is 1. The zero-order valence-corrected chi connectivity index (χ0v) is 15.1. The highest BCUT2D eigenvalue weighted by atomic mass is 16.3. The van der Waals surface area contributed by atoms with Crippen molar-refractivity contribution in [3.8, 4) is 0 Å². The van der Waals surface area contributed by atoms with Crippen molar-refractivity contribution >= 4 is 11.0 Å². The second-order valence-electron chi connectivity index (χ2n) is 7.39. The number of furan rings is 1. The molecular formula is C20H26N4O. The van der Waals surface area contributed by atoms with Crippen LogP contribution in [0.3, 0.4) is 0 Å². The molecule has 0 amide bonds. The van der Waals surface area contributed by atoms with E-state index in [1.54, 1.807) is 0 Å². The fraction of sp³-hybridized carbons (Fsp3) is 0.450. The summed E-state index contributed by atoms with van der Waals surface area (Å²) in [7, 11) is 4.28. The molecule has 1 fully saturated rings. The van der Waals surface area contributed by atoms with Gasteiger partial charge in [0.2, 0.25) is 0 Å². The van der Waals surface area contributed by atoms with Gasteiger partial charge in [-0.25, -0.2) is 4.98 Å². The van der Waals surface area contributed by atoms with Crippen LogP contribution in [0.25, 0.3) is 11.0 Å². The molecule has 132 valence electrons. The predicted molar refractivity (Wildman–Crippen MR) is 99.7 cm³/mol. The Kier molecular flexibility index (Phi) is 4.36. The molecule has 4 rings (SSSR count). The molecule has 2 aromatic heterocycles. The van der Waals surface area contributed by atoms with Gasteiger partial charge in [0.05, 0.1) is 12.6 Å². The summed E-state index contributed by atoms with van der Waals surface area (Å²) in [4.78, 5) is 6.70. The van der Waals surface area contributed by atoms with Crippen molar-refractivity contribution in [3.05, 3.63) is 54.3 Å². The van der Waals surface area contributed by atoms with Gasteiger partial charge in [-0.15, -0.1) is 0 Å². The Morgan fingerprint density at radius 1 is 1.28 bits per heavy atom. The highest BCUT2D eigenvalue weighted by Gasteiger charge is 2.34. The molecule has 3 atom stereocenters. The van der Waals surface area contributed by atoms with E-state index in [0.29, 0.717) is 18.0 Å². The summed E-state index contributed by atoms with van der Waals surface area (Å²) in [5.74, 6) is 0.473. The summed E-state index contributed by atoms with van der Waals surface area (Å²) < 4.78 is 7.83. The molecule has 0 radical (unpaired) electrons. The Labute approximate surface area is 148 Å². The highest BCUT2D eigenvalue weighted by molar-refractivity contribution is 5.80. The van der Waals surface area contributed by atoms with Crippen molar-refractivity contribution in [2.75, 3.05) is 20.1 Å². The first kappa shape index (κ1) is 16.4. The average molecular weight is 338 g/mol. The Hall–Kier alpha value is -2.11. The van der Waals surface area contributed by atoms with Gasteiger partial charge in [-0.05, 0) is 32.0 Å². The molecule has 5 heteroatoms. The molecule has 1 unspecified atom stereocenters. The molecule has 0 saturated carbocycles. The second-order valence-corrected chi connectivity index (χ2v) is 7.39. The van der Waals surface area contributed by atoms with E-state index in [-0.39, 0.29) is 0 Å². The van der Waals surface area contributed by atoms with Crippen LogP contribution in [0, 0.1) is 0 Å². The first-order valence-corrected chi connectivity index (χ1v) is 8.97. The lowest BCUT2D eigenvalue weighted by Crippen LogP contribution is -2.42. The second kappa shape index (κ2) is 6.65. The summed E-state index contributed by atoms with van der Waals surface area (Å²) in [6.07, 6.45) is 6.77. The zero-order chi connectivity index (χ0) is 17.4. The van der Waals surface area contributed by atoms with Crippen molar-refractivity contribution in [1.82, 2.24) is 19.8 Å². The third kappa shape index (κ3) is 3.22. The van der Waals surface area contributed by atoms with Gasteiger partial charge in [-0.1, -0.05) is 18.2 Å². The number of fused-ring (bicyclic) bond motifs is 1. The first-order valence-electron chi connectivity index (χ1n) is 8.97. The molecule has 3 heterocycles. The van der Waals surface area contributed by atoms with Crippen LogP contribution in [-0.4, -0.2) is 46.7 Å². The SMILES string of the molecule is CC(Cc1coc2ccccc12)N[C@@H]1CN(C)C[C@H]1c1cncn1C. The van der Waals surface area contributed by atoms with E-state index >= 15 is 0 Å². The minimum absolute atomic E-state index is 0.383. The van der Waals surface area contributed by atoms with Gasteiger partial charge >= 0.3 is 0 Å². The Morgan fingerprint density at radius 2 is 2.12 bits per heavy atom. The smallest absolute Gasteiger partial charge is 0.134 e. The Morgan fingerprint density at radius 3 is 2.92 bits per heavy atom. The largest absolute Gasteiger partial charge is 0.464 e. The normalized spacial score (nSPS) is 22.7. The summed E-state index contributed by atoms with van der Waals surface area (Å²) in [6, 6.07) is 9.08. The van der Waals surface area contributed by atoms with Crippen molar-refractivity contribution in [2.24, 2.45) is 7.05 Å². The third-order valence-electron chi connectivity index (χ3n) is 5.32. The summed E-state index contributed by atoms with van der Waals surface area (Å²) in [5, 5.41) is 5.08. The molecule has 5 nitrogen and oxygen atoms in total.